The Morgan fingerprint density at radius 3 is 1.54 bits per heavy atom. The van der Waals surface area contributed by atoms with E-state index in [0.717, 1.165) is 67.5 Å². The van der Waals surface area contributed by atoms with Crippen molar-refractivity contribution in [2.24, 2.45) is 0 Å². The lowest BCUT2D eigenvalue weighted by atomic mass is 9.82. The van der Waals surface area contributed by atoms with Crippen LogP contribution in [0.2, 0.25) is 0 Å². The highest BCUT2D eigenvalue weighted by molar-refractivity contribution is 6.18. The smallest absolute Gasteiger partial charge is 0.137 e. The minimum Gasteiger partial charge on any atom is -0.456 e. The summed E-state index contributed by atoms with van der Waals surface area (Å²) in [6.45, 7) is 4.72. The Morgan fingerprint density at radius 1 is 0.324 bits per heavy atom. The molecule has 1 heterocycles. The van der Waals surface area contributed by atoms with Crippen molar-refractivity contribution in [1.29, 1.82) is 0 Å². The average Bonchev–Trinajstić information content (AvgIpc) is 3.62. The van der Waals surface area contributed by atoms with Crippen molar-refractivity contribution >= 4 is 55.7 Å². The van der Waals surface area contributed by atoms with Crippen LogP contribution < -0.4 is 14.5 Å². The fourth-order valence-corrected chi connectivity index (χ4v) is 11.0. The molecule has 322 valence electrons. The van der Waals surface area contributed by atoms with Crippen LogP contribution in [0.25, 0.3) is 66.1 Å². The molecule has 3 nitrogen and oxygen atoms in total. The molecule has 0 fully saturated rings. The second-order valence-corrected chi connectivity index (χ2v) is 18.5. The third-order valence-corrected chi connectivity index (χ3v) is 14.2. The minimum absolute atomic E-state index is 0.143. The topological polar surface area (TPSA) is 15.7 Å². The van der Waals surface area contributed by atoms with Crippen molar-refractivity contribution in [2.45, 2.75) is 19.3 Å². The van der Waals surface area contributed by atoms with Gasteiger partial charge in [-0.05, 0) is 128 Å². The summed E-state index contributed by atoms with van der Waals surface area (Å²) in [5.74, 6) is 1.69. The predicted octanol–water partition coefficient (Wildman–Crippen LogP) is 18.3. The van der Waals surface area contributed by atoms with Crippen molar-refractivity contribution < 1.29 is 4.74 Å². The predicted molar refractivity (Wildman–Crippen MR) is 285 cm³/mol. The number of benzene rings is 11. The van der Waals surface area contributed by atoms with Crippen molar-refractivity contribution in [3.8, 4) is 56.0 Å². The summed E-state index contributed by atoms with van der Waals surface area (Å²) in [6.07, 6.45) is 0. The van der Waals surface area contributed by atoms with Gasteiger partial charge in [0.25, 0.3) is 0 Å². The van der Waals surface area contributed by atoms with Crippen LogP contribution in [0, 0.1) is 0 Å². The Kier molecular flexibility index (Phi) is 9.19. The van der Waals surface area contributed by atoms with Crippen molar-refractivity contribution in [3.63, 3.8) is 0 Å². The summed E-state index contributed by atoms with van der Waals surface area (Å²) in [6, 6.07) is 87.9. The highest BCUT2D eigenvalue weighted by Crippen LogP contribution is 2.54. The van der Waals surface area contributed by atoms with E-state index in [0.29, 0.717) is 0 Å². The second kappa shape index (κ2) is 15.8. The molecule has 0 amide bonds. The van der Waals surface area contributed by atoms with Gasteiger partial charge in [0.05, 0.1) is 11.4 Å². The second-order valence-electron chi connectivity index (χ2n) is 18.5. The van der Waals surface area contributed by atoms with Gasteiger partial charge in [-0.15, -0.1) is 0 Å². The summed E-state index contributed by atoms with van der Waals surface area (Å²) in [7, 11) is 0. The van der Waals surface area contributed by atoms with Crippen LogP contribution in [-0.4, -0.2) is 0 Å². The summed E-state index contributed by atoms with van der Waals surface area (Å²) >= 11 is 0. The van der Waals surface area contributed by atoms with E-state index in [4.69, 9.17) is 4.74 Å². The van der Waals surface area contributed by atoms with Gasteiger partial charge >= 0.3 is 0 Å². The van der Waals surface area contributed by atoms with Crippen LogP contribution in [-0.2, 0) is 5.41 Å². The maximum absolute atomic E-state index is 7.01. The first-order chi connectivity index (χ1) is 33.5. The zero-order chi connectivity index (χ0) is 45.3. The highest BCUT2D eigenvalue weighted by atomic mass is 16.5. The zero-order valence-electron chi connectivity index (χ0n) is 37.9. The maximum atomic E-state index is 7.01. The molecule has 0 atom stereocenters. The van der Waals surface area contributed by atoms with Gasteiger partial charge in [0, 0.05) is 56.3 Å². The summed E-state index contributed by atoms with van der Waals surface area (Å²) in [4.78, 5) is 4.80. The number of rotatable bonds is 8. The molecule has 68 heavy (non-hydrogen) atoms. The summed E-state index contributed by atoms with van der Waals surface area (Å²) in [5, 5.41) is 4.64. The van der Waals surface area contributed by atoms with Crippen LogP contribution in [0.5, 0.6) is 11.5 Å². The van der Waals surface area contributed by atoms with Crippen molar-refractivity contribution in [2.75, 3.05) is 9.80 Å². The molecule has 1 aliphatic carbocycles. The Bertz CT molecular complexity index is 3750. The normalized spacial score (nSPS) is 12.8. The van der Waals surface area contributed by atoms with Gasteiger partial charge in [0.15, 0.2) is 0 Å². The molecular formula is C65H46N2O. The van der Waals surface area contributed by atoms with E-state index in [9.17, 15) is 0 Å². The monoisotopic (exact) mass is 870 g/mol. The first-order valence-electron chi connectivity index (χ1n) is 23.5. The lowest BCUT2D eigenvalue weighted by Gasteiger charge is -2.30. The molecule has 11 aromatic carbocycles. The minimum atomic E-state index is -0.143. The summed E-state index contributed by atoms with van der Waals surface area (Å²) < 4.78 is 7.01. The van der Waals surface area contributed by atoms with E-state index >= 15 is 0 Å². The first kappa shape index (κ1) is 39.7. The van der Waals surface area contributed by atoms with Gasteiger partial charge in [-0.2, -0.15) is 0 Å². The van der Waals surface area contributed by atoms with Crippen molar-refractivity contribution in [1.82, 2.24) is 0 Å². The van der Waals surface area contributed by atoms with E-state index in [1.807, 2.05) is 0 Å². The van der Waals surface area contributed by atoms with Gasteiger partial charge in [0.1, 0.15) is 11.5 Å². The Balaban J connectivity index is 0.963. The standard InChI is InChI=1S/C65H46N2O/c1-65(2)58-29-15-12-27-52(58)53-37-35-48(41-59(53)65)67(61-31-17-14-26-51(61)44-21-8-4-9-22-44)47-34-33-45-39-57-54-38-36-49(42-63(54)68-62-32-18-28-55(64(57)62)56(45)40-47)66(46-23-10-5-11-24-46)60-30-16-13-25-50(60)43-19-6-3-7-20-43/h3-42H,1-2H3. The molecule has 3 heteroatoms. The third-order valence-electron chi connectivity index (χ3n) is 14.2. The molecule has 0 saturated heterocycles. The van der Waals surface area contributed by atoms with Crippen molar-refractivity contribution in [3.05, 3.63) is 254 Å². The van der Waals surface area contributed by atoms with E-state index < -0.39 is 0 Å². The molecular weight excluding hydrogens is 825 g/mol. The SMILES string of the molecule is CC1(C)c2ccccc2-c2ccc(N(c3ccc4cc5c6c(cccc6c4c3)Oc3cc(N(c4ccccc4)c4ccccc4-c4ccccc4)ccc3-5)c3ccccc3-c3ccccc3)cc21. The fraction of sp³-hybridized carbons (Fsp3) is 0.0462. The molecule has 0 N–H and O–H groups in total. The van der Waals surface area contributed by atoms with Gasteiger partial charge < -0.3 is 14.5 Å². The highest BCUT2D eigenvalue weighted by Gasteiger charge is 2.36. The van der Waals surface area contributed by atoms with E-state index in [2.05, 4.69) is 266 Å². The number of para-hydroxylation sites is 3. The quantitative estimate of drug-likeness (QED) is 0.142. The summed E-state index contributed by atoms with van der Waals surface area (Å²) in [5.41, 5.74) is 18.7. The molecule has 2 aliphatic rings. The number of fused-ring (bicyclic) bond motifs is 7. The van der Waals surface area contributed by atoms with Crippen LogP contribution in [0.15, 0.2) is 243 Å². The Morgan fingerprint density at radius 2 is 0.853 bits per heavy atom. The molecule has 0 unspecified atom stereocenters. The molecule has 0 spiro atoms. The molecule has 13 rings (SSSR count). The Labute approximate surface area is 397 Å². The lowest BCUT2D eigenvalue weighted by molar-refractivity contribution is 0.487. The molecule has 0 aromatic heterocycles. The van der Waals surface area contributed by atoms with Gasteiger partial charge in [-0.1, -0.05) is 178 Å². The van der Waals surface area contributed by atoms with Crippen LogP contribution in [0.3, 0.4) is 0 Å². The molecule has 0 radical (unpaired) electrons. The van der Waals surface area contributed by atoms with E-state index in [-0.39, 0.29) is 5.41 Å². The first-order valence-corrected chi connectivity index (χ1v) is 23.5. The number of nitrogens with zero attached hydrogens (tertiary/aromatic N) is 2. The number of ether oxygens (including phenoxy) is 1. The molecule has 0 bridgehead atoms. The lowest BCUT2D eigenvalue weighted by Crippen LogP contribution is -2.16. The maximum Gasteiger partial charge on any atom is 0.137 e. The van der Waals surface area contributed by atoms with Gasteiger partial charge in [-0.3, -0.25) is 0 Å². The molecule has 0 saturated carbocycles. The van der Waals surface area contributed by atoms with E-state index in [1.54, 1.807) is 0 Å². The van der Waals surface area contributed by atoms with Gasteiger partial charge in [0.2, 0.25) is 0 Å². The zero-order valence-corrected chi connectivity index (χ0v) is 37.9. The number of anilines is 6. The van der Waals surface area contributed by atoms with E-state index in [1.165, 1.54) is 55.3 Å². The largest absolute Gasteiger partial charge is 0.456 e. The van der Waals surface area contributed by atoms with Crippen LogP contribution >= 0.6 is 0 Å². The van der Waals surface area contributed by atoms with Crippen LogP contribution in [0.4, 0.5) is 34.1 Å². The fourth-order valence-electron chi connectivity index (χ4n) is 11.0. The number of hydrogen-bond donors (Lipinski definition) is 0. The number of hydrogen-bond acceptors (Lipinski definition) is 3. The van der Waals surface area contributed by atoms with Gasteiger partial charge in [-0.25, -0.2) is 0 Å². The Hall–Kier alpha value is -8.66. The van der Waals surface area contributed by atoms with Crippen LogP contribution in [0.1, 0.15) is 25.0 Å². The molecule has 11 aromatic rings. The average molecular weight is 871 g/mol. The molecule has 1 aliphatic heterocycles. The third kappa shape index (κ3) is 6.35.